The van der Waals surface area contributed by atoms with Crippen molar-refractivity contribution in [2.75, 3.05) is 49.1 Å². The van der Waals surface area contributed by atoms with E-state index in [1.807, 2.05) is 41.5 Å². The molecule has 55 heavy (non-hydrogen) atoms. The van der Waals surface area contributed by atoms with E-state index >= 15 is 0 Å². The van der Waals surface area contributed by atoms with Crippen molar-refractivity contribution in [3.05, 3.63) is 29.8 Å². The Morgan fingerprint density at radius 1 is 0.891 bits per heavy atom. The monoisotopic (exact) mass is 776 g/mol. The SMILES string of the molecule is CC[C@H](C)[C@@H]([C@@H](CC(=O)N1C[C@H](OC)C[C@@H]1[C@H](OC)[C@@H](C)C(=O)N[C@H](C)C(=O)c1cccc(OC)c1)OC)N(C)C(=O)[C@@H](NC(=O)[C@@H](NC)C(C)C)C(C)C. The van der Waals surface area contributed by atoms with E-state index in [1.54, 1.807) is 69.1 Å². The predicted octanol–water partition coefficient (Wildman–Crippen LogP) is 3.31. The minimum Gasteiger partial charge on any atom is -0.497 e. The third-order valence-corrected chi connectivity index (χ3v) is 11.2. The minimum absolute atomic E-state index is 0.0158. The van der Waals surface area contributed by atoms with Crippen LogP contribution in [0.2, 0.25) is 0 Å². The van der Waals surface area contributed by atoms with Crippen molar-refractivity contribution in [3.8, 4) is 5.75 Å². The molecule has 14 heteroatoms. The third-order valence-electron chi connectivity index (χ3n) is 11.2. The van der Waals surface area contributed by atoms with Gasteiger partial charge < -0.3 is 44.7 Å². The van der Waals surface area contributed by atoms with Crippen molar-refractivity contribution < 1.29 is 42.9 Å². The number of likely N-dealkylation sites (N-methyl/N-ethyl adjacent to an activating group) is 2. The second-order valence-electron chi connectivity index (χ2n) is 15.6. The average molecular weight is 776 g/mol. The highest BCUT2D eigenvalue weighted by Gasteiger charge is 2.46. The normalized spacial score (nSPS) is 20.2. The molecule has 1 aromatic rings. The fourth-order valence-corrected chi connectivity index (χ4v) is 7.64. The van der Waals surface area contributed by atoms with Gasteiger partial charge in [-0.3, -0.25) is 24.0 Å². The Morgan fingerprint density at radius 3 is 2.04 bits per heavy atom. The van der Waals surface area contributed by atoms with Crippen LogP contribution in [0, 0.1) is 23.7 Å². The molecule has 312 valence electrons. The van der Waals surface area contributed by atoms with E-state index < -0.39 is 54.2 Å². The third kappa shape index (κ3) is 12.2. The number of carbonyl (C=O) groups is 5. The second-order valence-corrected chi connectivity index (χ2v) is 15.6. The van der Waals surface area contributed by atoms with Gasteiger partial charge >= 0.3 is 0 Å². The molecule has 3 N–H and O–H groups in total. The first-order valence-electron chi connectivity index (χ1n) is 19.5. The lowest BCUT2D eigenvalue weighted by molar-refractivity contribution is -0.148. The number of methoxy groups -OCH3 is 4. The van der Waals surface area contributed by atoms with E-state index in [2.05, 4.69) is 16.0 Å². The van der Waals surface area contributed by atoms with Gasteiger partial charge in [0.15, 0.2) is 5.78 Å². The van der Waals surface area contributed by atoms with Crippen LogP contribution in [0.1, 0.15) is 85.0 Å². The number of hydrogen-bond donors (Lipinski definition) is 3. The van der Waals surface area contributed by atoms with E-state index in [4.69, 9.17) is 18.9 Å². The summed E-state index contributed by atoms with van der Waals surface area (Å²) in [7, 11) is 9.57. The molecule has 0 aliphatic carbocycles. The maximum Gasteiger partial charge on any atom is 0.245 e. The minimum atomic E-state index is -0.823. The maximum absolute atomic E-state index is 14.4. The van der Waals surface area contributed by atoms with Crippen LogP contribution < -0.4 is 20.7 Å². The fourth-order valence-electron chi connectivity index (χ4n) is 7.64. The largest absolute Gasteiger partial charge is 0.497 e. The zero-order valence-corrected chi connectivity index (χ0v) is 35.6. The number of nitrogens with one attached hydrogen (secondary N) is 3. The van der Waals surface area contributed by atoms with E-state index in [0.717, 1.165) is 0 Å². The number of carbonyl (C=O) groups excluding carboxylic acids is 5. The number of ketones is 1. The Morgan fingerprint density at radius 2 is 1.53 bits per heavy atom. The molecule has 1 saturated heterocycles. The Balaban J connectivity index is 2.33. The number of amides is 4. The Bertz CT molecular complexity index is 1420. The number of benzene rings is 1. The molecular formula is C41H69N5O9. The standard InChI is InChI=1S/C41H69N5O9/c1-15-25(6)36(45(10)41(51)35(24(4)5)44-40(50)34(42-9)23(2)3)32(54-13)21-33(47)46-22-30(53-12)20-31(46)38(55-14)26(7)39(49)43-27(8)37(48)28-17-16-18-29(19-28)52-11/h16-19,23-27,30-32,34-36,38,42H,15,20-22H2,1-14H3,(H,43,49)(H,44,50)/t25-,26+,27+,30+,31+,32+,34-,35-,36-,38+/m0/s1. The van der Waals surface area contributed by atoms with Gasteiger partial charge in [0.05, 0.1) is 61.9 Å². The summed E-state index contributed by atoms with van der Waals surface area (Å²) in [5, 5.41) is 8.85. The number of likely N-dealkylation sites (tertiary alicyclic amines) is 1. The predicted molar refractivity (Wildman–Crippen MR) is 212 cm³/mol. The lowest BCUT2D eigenvalue weighted by Crippen LogP contribution is -2.59. The van der Waals surface area contributed by atoms with Crippen LogP contribution in [-0.2, 0) is 33.4 Å². The second kappa shape index (κ2) is 22.2. The van der Waals surface area contributed by atoms with Crippen molar-refractivity contribution >= 4 is 29.4 Å². The summed E-state index contributed by atoms with van der Waals surface area (Å²) in [4.78, 5) is 71.9. The Labute approximate surface area is 329 Å². The molecule has 0 saturated carbocycles. The molecule has 0 spiro atoms. The number of rotatable bonds is 22. The molecule has 1 fully saturated rings. The van der Waals surface area contributed by atoms with Gasteiger partial charge in [0.2, 0.25) is 23.6 Å². The highest BCUT2D eigenvalue weighted by Crippen LogP contribution is 2.31. The molecule has 0 aromatic heterocycles. The molecule has 1 heterocycles. The molecule has 2 rings (SSSR count). The zero-order valence-electron chi connectivity index (χ0n) is 35.6. The van der Waals surface area contributed by atoms with Crippen LogP contribution in [0.25, 0.3) is 0 Å². The van der Waals surface area contributed by atoms with Gasteiger partial charge in [-0.25, -0.2) is 0 Å². The van der Waals surface area contributed by atoms with Gasteiger partial charge in [-0.15, -0.1) is 0 Å². The van der Waals surface area contributed by atoms with Crippen molar-refractivity contribution in [1.82, 2.24) is 25.8 Å². The van der Waals surface area contributed by atoms with Gasteiger partial charge in [-0.1, -0.05) is 67.0 Å². The van der Waals surface area contributed by atoms with Gasteiger partial charge in [0.1, 0.15) is 11.8 Å². The van der Waals surface area contributed by atoms with E-state index in [0.29, 0.717) is 24.2 Å². The zero-order chi connectivity index (χ0) is 41.7. The van der Waals surface area contributed by atoms with Crippen LogP contribution in [0.3, 0.4) is 0 Å². The summed E-state index contributed by atoms with van der Waals surface area (Å²) in [5.41, 5.74) is 0.410. The summed E-state index contributed by atoms with van der Waals surface area (Å²) < 4.78 is 22.9. The first kappa shape index (κ1) is 47.6. The van der Waals surface area contributed by atoms with Crippen molar-refractivity contribution in [1.29, 1.82) is 0 Å². The van der Waals surface area contributed by atoms with Gasteiger partial charge in [0, 0.05) is 40.5 Å². The molecule has 0 bridgehead atoms. The number of hydrogen-bond acceptors (Lipinski definition) is 10. The summed E-state index contributed by atoms with van der Waals surface area (Å²) in [6.45, 7) is 15.3. The number of Topliss-reactive ketones (excluding diaryl/α,β-unsaturated/α-hetero) is 1. The Kier molecular flexibility index (Phi) is 19.2. The lowest BCUT2D eigenvalue weighted by atomic mass is 9.89. The van der Waals surface area contributed by atoms with Crippen LogP contribution in [-0.4, -0.2) is 137 Å². The topological polar surface area (TPSA) is 165 Å². The smallest absolute Gasteiger partial charge is 0.245 e. The highest BCUT2D eigenvalue weighted by atomic mass is 16.5. The molecule has 0 unspecified atom stereocenters. The van der Waals surface area contributed by atoms with Crippen LogP contribution in [0.5, 0.6) is 5.75 Å². The summed E-state index contributed by atoms with van der Waals surface area (Å²) in [6.07, 6.45) is -0.614. The first-order valence-corrected chi connectivity index (χ1v) is 19.5. The van der Waals surface area contributed by atoms with Crippen molar-refractivity contribution in [2.45, 2.75) is 123 Å². The van der Waals surface area contributed by atoms with E-state index in [9.17, 15) is 24.0 Å². The van der Waals surface area contributed by atoms with Crippen molar-refractivity contribution in [3.63, 3.8) is 0 Å². The number of ether oxygens (including phenoxy) is 4. The molecule has 1 aromatic carbocycles. The van der Waals surface area contributed by atoms with Crippen LogP contribution in [0.15, 0.2) is 24.3 Å². The molecule has 1 aliphatic heterocycles. The Hall–Kier alpha value is -3.59. The number of nitrogens with zero attached hydrogens (tertiary/aromatic N) is 2. The first-order chi connectivity index (χ1) is 25.9. The molecule has 10 atom stereocenters. The maximum atomic E-state index is 14.4. The molecule has 4 amide bonds. The lowest BCUT2D eigenvalue weighted by Gasteiger charge is -2.41. The molecule has 1 aliphatic rings. The summed E-state index contributed by atoms with van der Waals surface area (Å²) in [6, 6.07) is 3.65. The molecular weight excluding hydrogens is 706 g/mol. The average Bonchev–Trinajstić information content (AvgIpc) is 3.60. The highest BCUT2D eigenvalue weighted by molar-refractivity contribution is 6.02. The van der Waals surface area contributed by atoms with E-state index in [-0.39, 0.29) is 60.3 Å². The van der Waals surface area contributed by atoms with E-state index in [1.165, 1.54) is 21.3 Å². The molecule has 14 nitrogen and oxygen atoms in total. The van der Waals surface area contributed by atoms with Crippen LogP contribution >= 0.6 is 0 Å². The van der Waals surface area contributed by atoms with Crippen molar-refractivity contribution in [2.24, 2.45) is 23.7 Å². The van der Waals surface area contributed by atoms with Gasteiger partial charge in [-0.05, 0) is 50.3 Å². The quantitative estimate of drug-likeness (QED) is 0.149. The molecule has 0 radical (unpaired) electrons. The van der Waals surface area contributed by atoms with Crippen LogP contribution in [0.4, 0.5) is 0 Å². The fraction of sp³-hybridized carbons (Fsp3) is 0.732. The summed E-state index contributed by atoms with van der Waals surface area (Å²) >= 11 is 0. The summed E-state index contributed by atoms with van der Waals surface area (Å²) in [5.74, 6) is -1.86. The van der Waals surface area contributed by atoms with Gasteiger partial charge in [-0.2, -0.15) is 0 Å². The van der Waals surface area contributed by atoms with Gasteiger partial charge in [0.25, 0.3) is 0 Å².